The van der Waals surface area contributed by atoms with Gasteiger partial charge in [-0.2, -0.15) is 0 Å². The highest BCUT2D eigenvalue weighted by molar-refractivity contribution is 5.91. The van der Waals surface area contributed by atoms with Crippen LogP contribution in [0.2, 0.25) is 0 Å². The molecule has 1 aromatic rings. The summed E-state index contributed by atoms with van der Waals surface area (Å²) in [7, 11) is 0. The van der Waals surface area contributed by atoms with Gasteiger partial charge in [0.25, 0.3) is 0 Å². The third-order valence-corrected chi connectivity index (χ3v) is 4.36. The first-order chi connectivity index (χ1) is 9.54. The summed E-state index contributed by atoms with van der Waals surface area (Å²) >= 11 is 0. The Morgan fingerprint density at radius 2 is 2.05 bits per heavy atom. The van der Waals surface area contributed by atoms with Gasteiger partial charge in [0.15, 0.2) is 0 Å². The molecule has 1 aliphatic rings. The molecule has 0 aromatic heterocycles. The van der Waals surface area contributed by atoms with Gasteiger partial charge >= 0.3 is 0 Å². The van der Waals surface area contributed by atoms with Crippen molar-refractivity contribution in [2.75, 3.05) is 11.9 Å². The average molecular weight is 276 g/mol. The van der Waals surface area contributed by atoms with Crippen LogP contribution in [-0.4, -0.2) is 17.6 Å². The number of aromatic hydroxyl groups is 1. The maximum atomic E-state index is 12.2. The Morgan fingerprint density at radius 3 is 2.65 bits per heavy atom. The van der Waals surface area contributed by atoms with Crippen LogP contribution in [-0.2, 0) is 4.79 Å². The van der Waals surface area contributed by atoms with Crippen LogP contribution >= 0.6 is 0 Å². The van der Waals surface area contributed by atoms with Crippen LogP contribution in [0.3, 0.4) is 0 Å². The molecule has 1 amide bonds. The Bertz CT molecular complexity index is 479. The van der Waals surface area contributed by atoms with E-state index in [1.165, 1.54) is 19.3 Å². The molecule has 1 saturated carbocycles. The first-order valence-corrected chi connectivity index (χ1v) is 7.34. The van der Waals surface area contributed by atoms with Crippen molar-refractivity contribution < 1.29 is 9.90 Å². The smallest absolute Gasteiger partial charge is 0.224 e. The van der Waals surface area contributed by atoms with Gasteiger partial charge in [0.2, 0.25) is 5.91 Å². The van der Waals surface area contributed by atoms with Gasteiger partial charge in [0.1, 0.15) is 5.75 Å². The number of rotatable bonds is 4. The zero-order valence-electron chi connectivity index (χ0n) is 12.1. The minimum absolute atomic E-state index is 0.0161. The molecule has 0 spiro atoms. The van der Waals surface area contributed by atoms with Gasteiger partial charge in [0, 0.05) is 12.1 Å². The predicted molar refractivity (Wildman–Crippen MR) is 80.7 cm³/mol. The van der Waals surface area contributed by atoms with Crippen LogP contribution in [0.15, 0.2) is 18.2 Å². The number of hydrogen-bond acceptors (Lipinski definition) is 3. The minimum atomic E-state index is -0.0195. The number of aryl methyl sites for hydroxylation is 1. The molecule has 0 bridgehead atoms. The van der Waals surface area contributed by atoms with Gasteiger partial charge in [-0.25, -0.2) is 0 Å². The fraction of sp³-hybridized carbons (Fsp3) is 0.562. The summed E-state index contributed by atoms with van der Waals surface area (Å²) in [5.41, 5.74) is 7.38. The Labute approximate surface area is 120 Å². The topological polar surface area (TPSA) is 75.4 Å². The van der Waals surface area contributed by atoms with Gasteiger partial charge in [-0.15, -0.1) is 0 Å². The lowest BCUT2D eigenvalue weighted by molar-refractivity contribution is -0.118. The van der Waals surface area contributed by atoms with E-state index in [9.17, 15) is 9.90 Å². The van der Waals surface area contributed by atoms with Crippen molar-refractivity contribution in [3.63, 3.8) is 0 Å². The Balaban J connectivity index is 1.98. The average Bonchev–Trinajstić information content (AvgIpc) is 2.44. The molecule has 1 fully saturated rings. The molecule has 4 heteroatoms. The van der Waals surface area contributed by atoms with E-state index in [-0.39, 0.29) is 17.1 Å². The molecule has 0 unspecified atom stereocenters. The first kappa shape index (κ1) is 14.9. The van der Waals surface area contributed by atoms with Gasteiger partial charge in [-0.1, -0.05) is 19.3 Å². The molecule has 4 nitrogen and oxygen atoms in total. The van der Waals surface area contributed by atoms with E-state index in [4.69, 9.17) is 5.73 Å². The summed E-state index contributed by atoms with van der Waals surface area (Å²) in [6.45, 7) is 2.39. The number of phenolic OH excluding ortho intramolecular Hbond substituents is 1. The molecular weight excluding hydrogens is 252 g/mol. The largest absolute Gasteiger partial charge is 0.508 e. The number of anilines is 1. The monoisotopic (exact) mass is 276 g/mol. The number of carbonyl (C=O) groups excluding carboxylic acids is 1. The fourth-order valence-corrected chi connectivity index (χ4v) is 3.03. The van der Waals surface area contributed by atoms with E-state index < -0.39 is 0 Å². The van der Waals surface area contributed by atoms with E-state index >= 15 is 0 Å². The van der Waals surface area contributed by atoms with E-state index in [0.717, 1.165) is 24.1 Å². The zero-order valence-corrected chi connectivity index (χ0v) is 12.1. The number of phenols is 1. The highest BCUT2D eigenvalue weighted by atomic mass is 16.3. The molecule has 0 radical (unpaired) electrons. The third-order valence-electron chi connectivity index (χ3n) is 4.36. The van der Waals surface area contributed by atoms with Gasteiger partial charge in [-0.05, 0) is 55.5 Å². The van der Waals surface area contributed by atoms with Crippen LogP contribution in [0.5, 0.6) is 5.75 Å². The molecular formula is C16H24N2O2. The highest BCUT2D eigenvalue weighted by Gasteiger charge is 2.32. The summed E-state index contributed by atoms with van der Waals surface area (Å²) in [5.74, 6) is 0.260. The maximum absolute atomic E-state index is 12.2. The SMILES string of the molecule is Cc1cc(NC(=O)CC2(CN)CCCCC2)ccc1O. The molecule has 2 rings (SSSR count). The van der Waals surface area contributed by atoms with Crippen LogP contribution in [0.25, 0.3) is 0 Å². The summed E-state index contributed by atoms with van der Waals surface area (Å²) in [4.78, 5) is 12.2. The molecule has 20 heavy (non-hydrogen) atoms. The van der Waals surface area contributed by atoms with Gasteiger partial charge < -0.3 is 16.2 Å². The second-order valence-corrected chi connectivity index (χ2v) is 5.99. The number of nitrogens with one attached hydrogen (secondary N) is 1. The standard InChI is InChI=1S/C16H24N2O2/c1-12-9-13(5-6-14(12)19)18-15(20)10-16(11-17)7-3-2-4-8-16/h5-6,9,19H,2-4,7-8,10-11,17H2,1H3,(H,18,20). The Morgan fingerprint density at radius 1 is 1.35 bits per heavy atom. The Kier molecular flexibility index (Phi) is 4.65. The lowest BCUT2D eigenvalue weighted by Gasteiger charge is -2.35. The van der Waals surface area contributed by atoms with Crippen molar-refractivity contribution >= 4 is 11.6 Å². The molecule has 0 atom stereocenters. The highest BCUT2D eigenvalue weighted by Crippen LogP contribution is 2.38. The number of amides is 1. The number of hydrogen-bond donors (Lipinski definition) is 3. The van der Waals surface area contributed by atoms with E-state index in [2.05, 4.69) is 5.32 Å². The van der Waals surface area contributed by atoms with Crippen molar-refractivity contribution in [3.05, 3.63) is 23.8 Å². The van der Waals surface area contributed by atoms with Crippen molar-refractivity contribution in [1.29, 1.82) is 0 Å². The molecule has 0 heterocycles. The van der Waals surface area contributed by atoms with Crippen molar-refractivity contribution in [2.45, 2.75) is 45.4 Å². The summed E-state index contributed by atoms with van der Waals surface area (Å²) in [6, 6.07) is 5.10. The quantitative estimate of drug-likeness (QED) is 0.740. The second kappa shape index (κ2) is 6.27. The molecule has 1 aliphatic carbocycles. The summed E-state index contributed by atoms with van der Waals surface area (Å²) in [6.07, 6.45) is 6.17. The van der Waals surface area contributed by atoms with E-state index in [1.54, 1.807) is 18.2 Å². The Hall–Kier alpha value is -1.55. The van der Waals surface area contributed by atoms with Crippen LogP contribution in [0.4, 0.5) is 5.69 Å². The number of benzene rings is 1. The molecule has 110 valence electrons. The lowest BCUT2D eigenvalue weighted by atomic mass is 9.71. The predicted octanol–water partition coefficient (Wildman–Crippen LogP) is 2.94. The van der Waals surface area contributed by atoms with E-state index in [0.29, 0.717) is 13.0 Å². The zero-order chi connectivity index (χ0) is 14.6. The van der Waals surface area contributed by atoms with Crippen LogP contribution in [0.1, 0.15) is 44.1 Å². The normalized spacial score (nSPS) is 17.7. The van der Waals surface area contributed by atoms with Gasteiger partial charge in [0.05, 0.1) is 0 Å². The lowest BCUT2D eigenvalue weighted by Crippen LogP contribution is -2.36. The maximum Gasteiger partial charge on any atom is 0.224 e. The molecule has 0 saturated heterocycles. The minimum Gasteiger partial charge on any atom is -0.508 e. The van der Waals surface area contributed by atoms with Crippen LogP contribution in [0, 0.1) is 12.3 Å². The number of nitrogens with two attached hydrogens (primary N) is 1. The summed E-state index contributed by atoms with van der Waals surface area (Å²) < 4.78 is 0. The van der Waals surface area contributed by atoms with Crippen molar-refractivity contribution in [3.8, 4) is 5.75 Å². The van der Waals surface area contributed by atoms with Gasteiger partial charge in [-0.3, -0.25) is 4.79 Å². The third kappa shape index (κ3) is 3.51. The fourth-order valence-electron chi connectivity index (χ4n) is 3.03. The number of carbonyl (C=O) groups is 1. The summed E-state index contributed by atoms with van der Waals surface area (Å²) in [5, 5.41) is 12.4. The van der Waals surface area contributed by atoms with Crippen molar-refractivity contribution in [1.82, 2.24) is 0 Å². The molecule has 1 aromatic carbocycles. The van der Waals surface area contributed by atoms with Crippen LogP contribution < -0.4 is 11.1 Å². The molecule has 4 N–H and O–H groups in total. The van der Waals surface area contributed by atoms with E-state index in [1.807, 2.05) is 6.92 Å². The second-order valence-electron chi connectivity index (χ2n) is 5.99. The molecule has 0 aliphatic heterocycles. The first-order valence-electron chi connectivity index (χ1n) is 7.34. The van der Waals surface area contributed by atoms with Crippen molar-refractivity contribution in [2.24, 2.45) is 11.1 Å².